The summed E-state index contributed by atoms with van der Waals surface area (Å²) >= 11 is 0. The molecule has 2 aromatic heterocycles. The molecule has 3 rings (SSSR count). The van der Waals surface area contributed by atoms with Crippen molar-refractivity contribution >= 4 is 11.7 Å². The molecule has 0 saturated carbocycles. The molecule has 7 nitrogen and oxygen atoms in total. The van der Waals surface area contributed by atoms with Gasteiger partial charge in [-0.1, -0.05) is 6.92 Å². The van der Waals surface area contributed by atoms with Gasteiger partial charge in [-0.05, 0) is 18.9 Å². The maximum absolute atomic E-state index is 12.1. The van der Waals surface area contributed by atoms with Crippen molar-refractivity contribution in [3.8, 4) is 5.88 Å². The van der Waals surface area contributed by atoms with Crippen LogP contribution in [0.25, 0.3) is 0 Å². The van der Waals surface area contributed by atoms with Gasteiger partial charge in [-0.2, -0.15) is 0 Å². The number of furan rings is 1. The van der Waals surface area contributed by atoms with Crippen molar-refractivity contribution in [3.63, 3.8) is 0 Å². The third-order valence-corrected chi connectivity index (χ3v) is 3.70. The van der Waals surface area contributed by atoms with E-state index in [0.717, 1.165) is 25.2 Å². The Hall–Kier alpha value is -2.57. The van der Waals surface area contributed by atoms with Crippen LogP contribution < -0.4 is 15.0 Å². The fourth-order valence-electron chi connectivity index (χ4n) is 2.57. The maximum Gasteiger partial charge on any atom is 0.257 e. The molecule has 7 heteroatoms. The molecule has 1 atom stereocenters. The molecule has 0 spiro atoms. The van der Waals surface area contributed by atoms with Gasteiger partial charge in [0.25, 0.3) is 11.8 Å². The van der Waals surface area contributed by atoms with Gasteiger partial charge in [-0.15, -0.1) is 0 Å². The lowest BCUT2D eigenvalue weighted by atomic mass is 10.2. The molecule has 0 bridgehead atoms. The van der Waals surface area contributed by atoms with Crippen LogP contribution in [-0.4, -0.2) is 41.6 Å². The van der Waals surface area contributed by atoms with Gasteiger partial charge in [0.1, 0.15) is 6.26 Å². The standard InChI is InChI=1S/C16H20N4O3/c1-2-8-23-16-14(17-5-6-18-16)20-7-3-13(10-20)19-15(21)12-4-9-22-11-12/h4-6,9,11,13H,2-3,7-8,10H2,1H3,(H,19,21)/t13-/m0/s1. The molecule has 0 radical (unpaired) electrons. The summed E-state index contributed by atoms with van der Waals surface area (Å²) in [6.45, 7) is 4.15. The van der Waals surface area contributed by atoms with Crippen LogP contribution in [0.2, 0.25) is 0 Å². The molecule has 1 aliphatic heterocycles. The minimum Gasteiger partial charge on any atom is -0.475 e. The van der Waals surface area contributed by atoms with Crippen molar-refractivity contribution in [3.05, 3.63) is 36.5 Å². The molecule has 0 unspecified atom stereocenters. The van der Waals surface area contributed by atoms with Gasteiger partial charge >= 0.3 is 0 Å². The second-order valence-corrected chi connectivity index (χ2v) is 5.45. The molecule has 1 N–H and O–H groups in total. The van der Waals surface area contributed by atoms with Crippen molar-refractivity contribution in [1.29, 1.82) is 0 Å². The van der Waals surface area contributed by atoms with E-state index in [-0.39, 0.29) is 11.9 Å². The van der Waals surface area contributed by atoms with Crippen LogP contribution in [0.1, 0.15) is 30.1 Å². The van der Waals surface area contributed by atoms with Crippen molar-refractivity contribution in [2.24, 2.45) is 0 Å². The number of hydrogen-bond donors (Lipinski definition) is 1. The number of nitrogens with zero attached hydrogens (tertiary/aromatic N) is 3. The Labute approximate surface area is 134 Å². The minimum absolute atomic E-state index is 0.0680. The highest BCUT2D eigenvalue weighted by molar-refractivity contribution is 5.94. The SMILES string of the molecule is CCCOc1nccnc1N1CC[C@H](NC(=O)c2ccoc2)C1. The number of nitrogens with one attached hydrogen (secondary N) is 1. The summed E-state index contributed by atoms with van der Waals surface area (Å²) in [7, 11) is 0. The Bertz CT molecular complexity index is 645. The average Bonchev–Trinajstić information content (AvgIpc) is 3.25. The average molecular weight is 316 g/mol. The monoisotopic (exact) mass is 316 g/mol. The summed E-state index contributed by atoms with van der Waals surface area (Å²) < 4.78 is 10.6. The molecule has 2 aromatic rings. The van der Waals surface area contributed by atoms with E-state index in [2.05, 4.69) is 20.2 Å². The van der Waals surface area contributed by atoms with E-state index >= 15 is 0 Å². The number of amides is 1. The summed E-state index contributed by atoms with van der Waals surface area (Å²) in [5, 5.41) is 3.01. The highest BCUT2D eigenvalue weighted by atomic mass is 16.5. The van der Waals surface area contributed by atoms with Crippen LogP contribution in [0.3, 0.4) is 0 Å². The van der Waals surface area contributed by atoms with Crippen molar-refractivity contribution < 1.29 is 13.9 Å². The highest BCUT2D eigenvalue weighted by Crippen LogP contribution is 2.26. The summed E-state index contributed by atoms with van der Waals surface area (Å²) in [5.74, 6) is 1.17. The number of ether oxygens (including phenoxy) is 1. The van der Waals surface area contributed by atoms with Crippen LogP contribution in [0.15, 0.2) is 35.4 Å². The normalized spacial score (nSPS) is 17.3. The third-order valence-electron chi connectivity index (χ3n) is 3.70. The summed E-state index contributed by atoms with van der Waals surface area (Å²) in [6.07, 6.45) is 8.00. The molecule has 0 aromatic carbocycles. The van der Waals surface area contributed by atoms with Crippen molar-refractivity contribution in [2.45, 2.75) is 25.8 Å². The lowest BCUT2D eigenvalue weighted by Gasteiger charge is -2.19. The Morgan fingerprint density at radius 1 is 1.48 bits per heavy atom. The molecule has 1 fully saturated rings. The lowest BCUT2D eigenvalue weighted by molar-refractivity contribution is 0.0940. The number of carbonyl (C=O) groups is 1. The van der Waals surface area contributed by atoms with Gasteiger partial charge < -0.3 is 19.4 Å². The highest BCUT2D eigenvalue weighted by Gasteiger charge is 2.27. The van der Waals surface area contributed by atoms with Gasteiger partial charge in [0.2, 0.25) is 0 Å². The summed E-state index contributed by atoms with van der Waals surface area (Å²) in [5.41, 5.74) is 0.537. The minimum atomic E-state index is -0.118. The van der Waals surface area contributed by atoms with Crippen LogP contribution in [-0.2, 0) is 0 Å². The van der Waals surface area contributed by atoms with E-state index in [0.29, 0.717) is 24.6 Å². The molecule has 1 aliphatic rings. The third kappa shape index (κ3) is 3.61. The lowest BCUT2D eigenvalue weighted by Crippen LogP contribution is -2.37. The van der Waals surface area contributed by atoms with Crippen LogP contribution in [0.4, 0.5) is 5.82 Å². The largest absolute Gasteiger partial charge is 0.475 e. The van der Waals surface area contributed by atoms with Gasteiger partial charge in [-0.25, -0.2) is 9.97 Å². The predicted molar refractivity (Wildman–Crippen MR) is 84.6 cm³/mol. The van der Waals surface area contributed by atoms with Gasteiger partial charge in [0.05, 0.1) is 18.4 Å². The van der Waals surface area contributed by atoms with Gasteiger partial charge in [0, 0.05) is 31.5 Å². The van der Waals surface area contributed by atoms with E-state index in [4.69, 9.17) is 9.15 Å². The molecular weight excluding hydrogens is 296 g/mol. The summed E-state index contributed by atoms with van der Waals surface area (Å²) in [4.78, 5) is 22.8. The second-order valence-electron chi connectivity index (χ2n) is 5.45. The van der Waals surface area contributed by atoms with Gasteiger partial charge in [-0.3, -0.25) is 4.79 Å². The first-order valence-corrected chi connectivity index (χ1v) is 7.79. The zero-order valence-corrected chi connectivity index (χ0v) is 13.1. The Balaban J connectivity index is 1.62. The van der Waals surface area contributed by atoms with Crippen LogP contribution >= 0.6 is 0 Å². The Morgan fingerprint density at radius 3 is 3.13 bits per heavy atom. The Morgan fingerprint density at radius 2 is 2.35 bits per heavy atom. The number of aromatic nitrogens is 2. The smallest absolute Gasteiger partial charge is 0.257 e. The molecule has 3 heterocycles. The van der Waals surface area contributed by atoms with E-state index in [1.54, 1.807) is 18.5 Å². The van der Waals surface area contributed by atoms with E-state index < -0.39 is 0 Å². The van der Waals surface area contributed by atoms with Crippen molar-refractivity contribution in [1.82, 2.24) is 15.3 Å². The van der Waals surface area contributed by atoms with E-state index in [9.17, 15) is 4.79 Å². The quantitative estimate of drug-likeness (QED) is 0.876. The first-order chi connectivity index (χ1) is 11.3. The number of anilines is 1. The molecule has 1 amide bonds. The number of carbonyl (C=O) groups excluding carboxylic acids is 1. The first kappa shape index (κ1) is 15.3. The van der Waals surface area contributed by atoms with Crippen molar-refractivity contribution in [2.75, 3.05) is 24.6 Å². The summed E-state index contributed by atoms with van der Waals surface area (Å²) in [6, 6.07) is 1.72. The predicted octanol–water partition coefficient (Wildman–Crippen LogP) is 1.87. The fourth-order valence-corrected chi connectivity index (χ4v) is 2.57. The van der Waals surface area contributed by atoms with Crippen LogP contribution in [0.5, 0.6) is 5.88 Å². The Kier molecular flexibility index (Phi) is 4.75. The zero-order valence-electron chi connectivity index (χ0n) is 13.1. The van der Waals surface area contributed by atoms with Gasteiger partial charge in [0.15, 0.2) is 5.82 Å². The number of hydrogen-bond acceptors (Lipinski definition) is 6. The van der Waals surface area contributed by atoms with E-state index in [1.807, 2.05) is 6.92 Å². The van der Waals surface area contributed by atoms with Crippen LogP contribution in [0, 0.1) is 0 Å². The fraction of sp³-hybridized carbons (Fsp3) is 0.438. The maximum atomic E-state index is 12.1. The first-order valence-electron chi connectivity index (χ1n) is 7.79. The molecule has 23 heavy (non-hydrogen) atoms. The molecule has 122 valence electrons. The topological polar surface area (TPSA) is 80.5 Å². The second kappa shape index (κ2) is 7.13. The molecule has 0 aliphatic carbocycles. The molecule has 1 saturated heterocycles. The number of rotatable bonds is 6. The zero-order chi connectivity index (χ0) is 16.1. The van der Waals surface area contributed by atoms with E-state index in [1.165, 1.54) is 12.5 Å². The molecular formula is C16H20N4O3.